The van der Waals surface area contributed by atoms with Gasteiger partial charge in [0, 0.05) is 17.5 Å². The van der Waals surface area contributed by atoms with Gasteiger partial charge in [-0.15, -0.1) is 11.8 Å². The normalized spacial score (nSPS) is 10.3. The Labute approximate surface area is 145 Å². The van der Waals surface area contributed by atoms with Crippen LogP contribution >= 0.6 is 11.8 Å². The van der Waals surface area contributed by atoms with Gasteiger partial charge in [-0.2, -0.15) is 0 Å². The number of aryl methyl sites for hydroxylation is 1. The zero-order valence-corrected chi connectivity index (χ0v) is 14.6. The number of rotatable bonds is 5. The molecule has 0 heterocycles. The van der Waals surface area contributed by atoms with Gasteiger partial charge in [0.2, 0.25) is 5.91 Å². The molecule has 0 aromatic heterocycles. The van der Waals surface area contributed by atoms with Crippen LogP contribution in [-0.2, 0) is 4.79 Å². The first-order chi connectivity index (χ1) is 11.4. The highest BCUT2D eigenvalue weighted by Crippen LogP contribution is 2.24. The zero-order valence-electron chi connectivity index (χ0n) is 13.8. The Hall–Kier alpha value is -2.34. The van der Waals surface area contributed by atoms with Crippen LogP contribution < -0.4 is 5.32 Å². The number of benzene rings is 2. The largest absolute Gasteiger partial charge is 0.332 e. The van der Waals surface area contributed by atoms with E-state index in [2.05, 4.69) is 5.32 Å². The summed E-state index contributed by atoms with van der Waals surface area (Å²) in [7, 11) is 1.51. The van der Waals surface area contributed by atoms with Crippen molar-refractivity contribution < 1.29 is 14.0 Å². The second-order valence-corrected chi connectivity index (χ2v) is 6.22. The second-order valence-electron chi connectivity index (χ2n) is 5.37. The van der Waals surface area contributed by atoms with Crippen LogP contribution in [0.15, 0.2) is 47.4 Å². The molecule has 0 aliphatic carbocycles. The summed E-state index contributed by atoms with van der Waals surface area (Å²) in [6, 6.07) is 11.7. The number of nitrogens with zero attached hydrogens (tertiary/aromatic N) is 1. The number of carbonyl (C=O) groups excluding carboxylic acids is 2. The van der Waals surface area contributed by atoms with E-state index in [9.17, 15) is 14.0 Å². The number of halogens is 1. The van der Waals surface area contributed by atoms with Crippen LogP contribution in [-0.4, -0.2) is 36.6 Å². The average molecular weight is 346 g/mol. The Morgan fingerprint density at radius 1 is 1.21 bits per heavy atom. The molecule has 0 aliphatic heterocycles. The molecule has 1 N–H and O–H groups in total. The fourth-order valence-electron chi connectivity index (χ4n) is 2.17. The van der Waals surface area contributed by atoms with Crippen LogP contribution in [0.1, 0.15) is 15.9 Å². The van der Waals surface area contributed by atoms with Crippen molar-refractivity contribution in [1.29, 1.82) is 0 Å². The minimum absolute atomic E-state index is 0.114. The van der Waals surface area contributed by atoms with E-state index in [1.165, 1.54) is 29.8 Å². The molecule has 2 rings (SSSR count). The molecule has 0 saturated heterocycles. The summed E-state index contributed by atoms with van der Waals surface area (Å²) in [6.45, 7) is 1.51. The van der Waals surface area contributed by atoms with E-state index in [0.29, 0.717) is 11.3 Å². The van der Waals surface area contributed by atoms with E-state index in [1.54, 1.807) is 25.1 Å². The fraction of sp³-hybridized carbons (Fsp3) is 0.222. The number of thioether (sulfide) groups is 1. The number of carbonyl (C=O) groups is 2. The topological polar surface area (TPSA) is 49.4 Å². The average Bonchev–Trinajstić information content (AvgIpc) is 2.57. The van der Waals surface area contributed by atoms with Gasteiger partial charge in [0.15, 0.2) is 0 Å². The van der Waals surface area contributed by atoms with Gasteiger partial charge in [0.25, 0.3) is 5.91 Å². The summed E-state index contributed by atoms with van der Waals surface area (Å²) < 4.78 is 13.6. The van der Waals surface area contributed by atoms with Crippen molar-refractivity contribution in [1.82, 2.24) is 4.90 Å². The first kappa shape index (κ1) is 18.0. The van der Waals surface area contributed by atoms with Crippen LogP contribution in [0.2, 0.25) is 0 Å². The molecule has 0 bridgehead atoms. The van der Waals surface area contributed by atoms with Crippen molar-refractivity contribution in [2.45, 2.75) is 11.8 Å². The Balaban J connectivity index is 2.02. The lowest BCUT2D eigenvalue weighted by molar-refractivity contribution is -0.116. The smallest absolute Gasteiger partial charge is 0.254 e. The van der Waals surface area contributed by atoms with Crippen molar-refractivity contribution in [3.8, 4) is 0 Å². The Morgan fingerprint density at radius 2 is 1.92 bits per heavy atom. The predicted octanol–water partition coefficient (Wildman–Crippen LogP) is 3.57. The molecule has 0 aliphatic rings. The summed E-state index contributed by atoms with van der Waals surface area (Å²) in [6.07, 6.45) is 1.92. The van der Waals surface area contributed by atoms with E-state index in [0.717, 1.165) is 4.90 Å². The van der Waals surface area contributed by atoms with Crippen molar-refractivity contribution >= 4 is 29.3 Å². The number of likely N-dealkylation sites (N-methyl/N-ethyl adjacent to an activating group) is 1. The highest BCUT2D eigenvalue weighted by atomic mass is 32.2. The first-order valence-electron chi connectivity index (χ1n) is 7.37. The molecular weight excluding hydrogens is 327 g/mol. The molecule has 4 nitrogen and oxygen atoms in total. The van der Waals surface area contributed by atoms with Crippen LogP contribution in [0.25, 0.3) is 0 Å². The monoisotopic (exact) mass is 346 g/mol. The maximum atomic E-state index is 13.6. The molecular formula is C18H19FN2O2S. The molecule has 0 fully saturated rings. The minimum atomic E-state index is -0.437. The number of hydrogen-bond donors (Lipinski definition) is 1. The summed E-state index contributed by atoms with van der Waals surface area (Å²) >= 11 is 1.53. The lowest BCUT2D eigenvalue weighted by Crippen LogP contribution is -2.35. The summed E-state index contributed by atoms with van der Waals surface area (Å²) in [5.74, 6) is -1.14. The molecule has 0 spiro atoms. The molecule has 0 unspecified atom stereocenters. The third kappa shape index (κ3) is 4.35. The maximum absolute atomic E-state index is 13.6. The van der Waals surface area contributed by atoms with Crippen LogP contribution in [0.3, 0.4) is 0 Å². The Morgan fingerprint density at radius 3 is 2.58 bits per heavy atom. The van der Waals surface area contributed by atoms with E-state index >= 15 is 0 Å². The zero-order chi connectivity index (χ0) is 17.7. The summed E-state index contributed by atoms with van der Waals surface area (Å²) in [5, 5.41) is 2.79. The van der Waals surface area contributed by atoms with Gasteiger partial charge in [0.05, 0.1) is 12.2 Å². The van der Waals surface area contributed by atoms with Crippen molar-refractivity contribution in [2.24, 2.45) is 0 Å². The molecule has 0 atom stereocenters. The van der Waals surface area contributed by atoms with Gasteiger partial charge < -0.3 is 10.2 Å². The van der Waals surface area contributed by atoms with E-state index in [1.807, 2.05) is 24.5 Å². The summed E-state index contributed by atoms with van der Waals surface area (Å²) in [4.78, 5) is 26.7. The molecule has 0 radical (unpaired) electrons. The minimum Gasteiger partial charge on any atom is -0.332 e. The Bertz CT molecular complexity index is 764. The van der Waals surface area contributed by atoms with Gasteiger partial charge in [-0.05, 0) is 43.0 Å². The molecule has 126 valence electrons. The molecule has 2 aromatic rings. The third-order valence-electron chi connectivity index (χ3n) is 3.53. The predicted molar refractivity (Wildman–Crippen MR) is 95.0 cm³/mol. The summed E-state index contributed by atoms with van der Waals surface area (Å²) in [5.41, 5.74) is 1.40. The Kier molecular flexibility index (Phi) is 5.98. The number of anilines is 1. The third-order valence-corrected chi connectivity index (χ3v) is 4.32. The van der Waals surface area contributed by atoms with Gasteiger partial charge in [0.1, 0.15) is 5.82 Å². The highest BCUT2D eigenvalue weighted by molar-refractivity contribution is 7.98. The number of hydrogen-bond acceptors (Lipinski definition) is 3. The van der Waals surface area contributed by atoms with Crippen LogP contribution in [0.5, 0.6) is 0 Å². The number of nitrogens with one attached hydrogen (secondary N) is 1. The van der Waals surface area contributed by atoms with Crippen molar-refractivity contribution in [2.75, 3.05) is 25.2 Å². The highest BCUT2D eigenvalue weighted by Gasteiger charge is 2.16. The quantitative estimate of drug-likeness (QED) is 0.842. The van der Waals surface area contributed by atoms with E-state index < -0.39 is 11.7 Å². The molecule has 0 saturated carbocycles. The van der Waals surface area contributed by atoms with E-state index in [-0.39, 0.29) is 18.0 Å². The van der Waals surface area contributed by atoms with Crippen LogP contribution in [0.4, 0.5) is 10.1 Å². The van der Waals surface area contributed by atoms with Crippen LogP contribution in [0, 0.1) is 12.7 Å². The van der Waals surface area contributed by atoms with Gasteiger partial charge in [-0.1, -0.05) is 18.2 Å². The van der Waals surface area contributed by atoms with E-state index in [4.69, 9.17) is 0 Å². The molecule has 2 aromatic carbocycles. The number of amides is 2. The molecule has 24 heavy (non-hydrogen) atoms. The second kappa shape index (κ2) is 7.97. The van der Waals surface area contributed by atoms with Crippen molar-refractivity contribution in [3.05, 3.63) is 59.4 Å². The van der Waals surface area contributed by atoms with Gasteiger partial charge in [-0.3, -0.25) is 9.59 Å². The lowest BCUT2D eigenvalue weighted by Gasteiger charge is -2.17. The fourth-order valence-corrected chi connectivity index (χ4v) is 2.72. The molecule has 6 heteroatoms. The lowest BCUT2D eigenvalue weighted by atomic mass is 10.1. The van der Waals surface area contributed by atoms with Gasteiger partial charge >= 0.3 is 0 Å². The van der Waals surface area contributed by atoms with Gasteiger partial charge in [-0.25, -0.2) is 4.39 Å². The first-order valence-corrected chi connectivity index (χ1v) is 8.59. The van der Waals surface area contributed by atoms with Crippen molar-refractivity contribution in [3.63, 3.8) is 0 Å². The SMILES string of the molecule is CSc1ccccc1NC(=O)CN(C)C(=O)c1ccc(C)c(F)c1. The molecule has 2 amide bonds. The maximum Gasteiger partial charge on any atom is 0.254 e. The standard InChI is InChI=1S/C18H19FN2O2S/c1-12-8-9-13(10-14(12)19)18(23)21(2)11-17(22)20-15-6-4-5-7-16(15)24-3/h4-10H,11H2,1-3H3,(H,20,22). The number of para-hydroxylation sites is 1.